The minimum Gasteiger partial charge on any atom is -0.393 e. The lowest BCUT2D eigenvalue weighted by atomic mass is 9.91. The van der Waals surface area contributed by atoms with Crippen LogP contribution in [-0.4, -0.2) is 68.1 Å². The molecule has 0 radical (unpaired) electrons. The number of hydrogen-bond acceptors (Lipinski definition) is 4. The van der Waals surface area contributed by atoms with E-state index < -0.39 is 0 Å². The van der Waals surface area contributed by atoms with Crippen LogP contribution in [0.5, 0.6) is 0 Å². The molecule has 1 aliphatic heterocycles. The first-order valence-electron chi connectivity index (χ1n) is 10.8. The average molecular weight is 475 g/mol. The second-order valence-electron chi connectivity index (χ2n) is 8.92. The van der Waals surface area contributed by atoms with Crippen molar-refractivity contribution in [2.75, 3.05) is 19.6 Å². The molecule has 2 aromatic rings. The number of halogens is 1. The molecule has 30 heavy (non-hydrogen) atoms. The molecule has 0 atom stereocenters. The van der Waals surface area contributed by atoms with E-state index in [4.69, 9.17) is 0 Å². The molecular weight excluding hydrogens is 448 g/mol. The zero-order chi connectivity index (χ0) is 21.0. The first-order valence-corrected chi connectivity index (χ1v) is 11.6. The largest absolute Gasteiger partial charge is 0.393 e. The molecule has 7 nitrogen and oxygen atoms in total. The fourth-order valence-corrected chi connectivity index (χ4v) is 5.42. The van der Waals surface area contributed by atoms with Gasteiger partial charge in [-0.2, -0.15) is 0 Å². The monoisotopic (exact) mass is 474 g/mol. The molecular formula is C22H27BrN4O3. The summed E-state index contributed by atoms with van der Waals surface area (Å²) in [6, 6.07) is 4.44. The Kier molecular flexibility index (Phi) is 5.09. The van der Waals surface area contributed by atoms with Gasteiger partial charge in [0.1, 0.15) is 12.1 Å². The van der Waals surface area contributed by atoms with Crippen LogP contribution in [0.2, 0.25) is 0 Å². The van der Waals surface area contributed by atoms with E-state index in [1.807, 2.05) is 16.5 Å². The van der Waals surface area contributed by atoms with Gasteiger partial charge in [-0.05, 0) is 78.1 Å². The number of hydrogen-bond donors (Lipinski definition) is 1. The quantitative estimate of drug-likeness (QED) is 0.741. The molecule has 2 amide bonds. The SMILES string of the molecule is Cn1c(C(=O)N2CCN([C@H]3CC[C@H](O)CC3)C(=O)C2)nc2c(Br)cc(C3CC3)cc21. The van der Waals surface area contributed by atoms with E-state index in [1.54, 1.807) is 4.90 Å². The van der Waals surface area contributed by atoms with E-state index in [0.29, 0.717) is 24.8 Å². The predicted octanol–water partition coefficient (Wildman–Crippen LogP) is 2.80. The van der Waals surface area contributed by atoms with Crippen molar-refractivity contribution in [1.82, 2.24) is 19.4 Å². The van der Waals surface area contributed by atoms with Gasteiger partial charge in [0, 0.05) is 30.7 Å². The lowest BCUT2D eigenvalue weighted by Crippen LogP contribution is -2.56. The number of imidazole rings is 1. The molecule has 5 rings (SSSR count). The molecule has 2 aliphatic carbocycles. The second kappa shape index (κ2) is 7.64. The molecule has 0 spiro atoms. The maximum Gasteiger partial charge on any atom is 0.290 e. The number of aryl methyl sites for hydroxylation is 1. The third-order valence-electron chi connectivity index (χ3n) is 6.85. The molecule has 1 aromatic heterocycles. The number of amides is 2. The lowest BCUT2D eigenvalue weighted by molar-refractivity contribution is -0.138. The number of benzene rings is 1. The molecule has 1 saturated heterocycles. The Morgan fingerprint density at radius 3 is 2.53 bits per heavy atom. The molecule has 3 fully saturated rings. The van der Waals surface area contributed by atoms with Crippen molar-refractivity contribution in [3.63, 3.8) is 0 Å². The van der Waals surface area contributed by atoms with E-state index in [9.17, 15) is 14.7 Å². The fourth-order valence-electron chi connectivity index (χ4n) is 4.87. The second-order valence-corrected chi connectivity index (χ2v) is 9.77. The summed E-state index contributed by atoms with van der Waals surface area (Å²) in [6.07, 6.45) is 5.36. The van der Waals surface area contributed by atoms with Gasteiger partial charge in [-0.3, -0.25) is 9.59 Å². The summed E-state index contributed by atoms with van der Waals surface area (Å²) in [4.78, 5) is 34.2. The third kappa shape index (κ3) is 3.54. The van der Waals surface area contributed by atoms with Crippen LogP contribution in [0.1, 0.15) is 60.6 Å². The third-order valence-corrected chi connectivity index (χ3v) is 7.46. The first kappa shape index (κ1) is 20.0. The Morgan fingerprint density at radius 2 is 1.87 bits per heavy atom. The van der Waals surface area contributed by atoms with Crippen molar-refractivity contribution in [3.05, 3.63) is 28.0 Å². The summed E-state index contributed by atoms with van der Waals surface area (Å²) in [5.74, 6) is 0.791. The summed E-state index contributed by atoms with van der Waals surface area (Å²) in [5.41, 5.74) is 3.02. The van der Waals surface area contributed by atoms with Gasteiger partial charge in [0.2, 0.25) is 5.91 Å². The maximum absolute atomic E-state index is 13.2. The molecule has 1 aromatic carbocycles. The number of aliphatic hydroxyl groups is 1. The minimum absolute atomic E-state index is 0.00745. The molecule has 2 saturated carbocycles. The molecule has 1 N–H and O–H groups in total. The number of carbonyl (C=O) groups is 2. The van der Waals surface area contributed by atoms with Crippen LogP contribution in [-0.2, 0) is 11.8 Å². The van der Waals surface area contributed by atoms with Crippen LogP contribution in [0.15, 0.2) is 16.6 Å². The average Bonchev–Trinajstić information content (AvgIpc) is 3.53. The number of nitrogens with zero attached hydrogens (tertiary/aromatic N) is 4. The van der Waals surface area contributed by atoms with Gasteiger partial charge in [0.25, 0.3) is 5.91 Å². The van der Waals surface area contributed by atoms with E-state index in [1.165, 1.54) is 18.4 Å². The van der Waals surface area contributed by atoms with Crippen molar-refractivity contribution < 1.29 is 14.7 Å². The zero-order valence-corrected chi connectivity index (χ0v) is 18.8. The summed E-state index contributed by atoms with van der Waals surface area (Å²) < 4.78 is 2.77. The summed E-state index contributed by atoms with van der Waals surface area (Å²) in [6.45, 7) is 1.15. The Morgan fingerprint density at radius 1 is 1.13 bits per heavy atom. The number of rotatable bonds is 3. The van der Waals surface area contributed by atoms with Crippen molar-refractivity contribution >= 4 is 38.8 Å². The molecule has 0 unspecified atom stereocenters. The van der Waals surface area contributed by atoms with Crippen LogP contribution in [0.3, 0.4) is 0 Å². The number of aromatic nitrogens is 2. The van der Waals surface area contributed by atoms with Crippen molar-refractivity contribution in [2.24, 2.45) is 7.05 Å². The van der Waals surface area contributed by atoms with Crippen molar-refractivity contribution in [2.45, 2.75) is 56.6 Å². The molecule has 2 heterocycles. The Labute approximate surface area is 184 Å². The first-order chi connectivity index (χ1) is 14.4. The van der Waals surface area contributed by atoms with Gasteiger partial charge in [-0.1, -0.05) is 0 Å². The van der Waals surface area contributed by atoms with E-state index in [0.717, 1.165) is 41.2 Å². The Hall–Kier alpha value is -1.93. The molecule has 160 valence electrons. The summed E-state index contributed by atoms with van der Waals surface area (Å²) in [7, 11) is 1.87. The molecule has 0 bridgehead atoms. The van der Waals surface area contributed by atoms with Crippen LogP contribution >= 0.6 is 15.9 Å². The Bertz CT molecular complexity index is 1010. The van der Waals surface area contributed by atoms with Gasteiger partial charge >= 0.3 is 0 Å². The number of fused-ring (bicyclic) bond motifs is 1. The molecule has 3 aliphatic rings. The standard InChI is InChI=1S/C22H27BrN4O3/c1-25-18-11-14(13-2-3-13)10-17(23)20(18)24-21(25)22(30)26-8-9-27(19(29)12-26)15-4-6-16(28)7-5-15/h10-11,13,15-16,28H,2-9,12H2,1H3/t15-,16-. The highest BCUT2D eigenvalue weighted by Gasteiger charge is 2.35. The van der Waals surface area contributed by atoms with Gasteiger partial charge in [-0.15, -0.1) is 0 Å². The Balaban J connectivity index is 1.34. The number of carbonyl (C=O) groups excluding carboxylic acids is 2. The van der Waals surface area contributed by atoms with E-state index >= 15 is 0 Å². The topological polar surface area (TPSA) is 78.7 Å². The number of piperazine rings is 1. The molecule has 8 heteroatoms. The van der Waals surface area contributed by atoms with E-state index in [-0.39, 0.29) is 30.5 Å². The van der Waals surface area contributed by atoms with Crippen LogP contribution < -0.4 is 0 Å². The van der Waals surface area contributed by atoms with E-state index in [2.05, 4.69) is 33.0 Å². The van der Waals surface area contributed by atoms with Crippen LogP contribution in [0.4, 0.5) is 0 Å². The highest BCUT2D eigenvalue weighted by molar-refractivity contribution is 9.10. The normalized spacial score (nSPS) is 25.2. The smallest absolute Gasteiger partial charge is 0.290 e. The fraction of sp³-hybridized carbons (Fsp3) is 0.591. The highest BCUT2D eigenvalue weighted by atomic mass is 79.9. The highest BCUT2D eigenvalue weighted by Crippen LogP contribution is 2.42. The minimum atomic E-state index is -0.239. The van der Waals surface area contributed by atoms with Crippen LogP contribution in [0.25, 0.3) is 11.0 Å². The maximum atomic E-state index is 13.2. The van der Waals surface area contributed by atoms with Gasteiger partial charge in [0.05, 0.1) is 11.6 Å². The van der Waals surface area contributed by atoms with Crippen molar-refractivity contribution in [3.8, 4) is 0 Å². The van der Waals surface area contributed by atoms with Gasteiger partial charge < -0.3 is 19.5 Å². The van der Waals surface area contributed by atoms with Gasteiger partial charge in [0.15, 0.2) is 5.82 Å². The predicted molar refractivity (Wildman–Crippen MR) is 116 cm³/mol. The van der Waals surface area contributed by atoms with Gasteiger partial charge in [-0.25, -0.2) is 4.98 Å². The number of aliphatic hydroxyl groups excluding tert-OH is 1. The summed E-state index contributed by atoms with van der Waals surface area (Å²) >= 11 is 3.62. The van der Waals surface area contributed by atoms with Crippen LogP contribution in [0, 0.1) is 0 Å². The zero-order valence-electron chi connectivity index (χ0n) is 17.2. The lowest BCUT2D eigenvalue weighted by Gasteiger charge is -2.41. The van der Waals surface area contributed by atoms with Crippen molar-refractivity contribution in [1.29, 1.82) is 0 Å². The summed E-state index contributed by atoms with van der Waals surface area (Å²) in [5, 5.41) is 9.72.